The lowest BCUT2D eigenvalue weighted by molar-refractivity contribution is 0.227. The minimum atomic E-state index is -0.635. The second kappa shape index (κ2) is 5.41. The Morgan fingerprint density at radius 1 is 1.27 bits per heavy atom. The molecule has 0 N–H and O–H groups in total. The highest BCUT2D eigenvalue weighted by atomic mass is 32.2. The summed E-state index contributed by atoms with van der Waals surface area (Å²) in [5, 5.41) is 0. The van der Waals surface area contributed by atoms with Crippen LogP contribution in [0.3, 0.4) is 0 Å². The Bertz CT molecular complexity index is 235. The zero-order valence-corrected chi connectivity index (χ0v) is 10.5. The van der Waals surface area contributed by atoms with E-state index >= 15 is 0 Å². The molecule has 2 unspecified atom stereocenters. The summed E-state index contributed by atoms with van der Waals surface area (Å²) < 4.78 is 11.1. The van der Waals surface area contributed by atoms with Gasteiger partial charge in [0.2, 0.25) is 0 Å². The summed E-state index contributed by atoms with van der Waals surface area (Å²) >= 11 is 0. The van der Waals surface area contributed by atoms with Gasteiger partial charge in [0.25, 0.3) is 0 Å². The predicted octanol–water partition coefficient (Wildman–Crippen LogP) is 0.535. The van der Waals surface area contributed by atoms with Gasteiger partial charge in [-0.2, -0.15) is 0 Å². The lowest BCUT2D eigenvalue weighted by Gasteiger charge is -2.25. The van der Waals surface area contributed by atoms with E-state index in [1.54, 1.807) is 6.26 Å². The Labute approximate surface area is 95.3 Å². The largest absolute Gasteiger partial charge is 0.301 e. The topological polar surface area (TPSA) is 23.6 Å². The van der Waals surface area contributed by atoms with Crippen molar-refractivity contribution in [1.29, 1.82) is 0 Å². The summed E-state index contributed by atoms with van der Waals surface area (Å²) in [6.07, 6.45) is 5.83. The molecular weight excluding hydrogens is 208 g/mol. The van der Waals surface area contributed by atoms with Crippen LogP contribution in [-0.4, -0.2) is 64.8 Å². The molecule has 2 rings (SSSR count). The molecule has 2 aliphatic rings. The van der Waals surface area contributed by atoms with Gasteiger partial charge in [0.05, 0.1) is 0 Å². The molecule has 2 atom stereocenters. The summed E-state index contributed by atoms with van der Waals surface area (Å²) in [6.45, 7) is 6.00. The van der Waals surface area contributed by atoms with Crippen molar-refractivity contribution in [2.24, 2.45) is 0 Å². The Kier molecular flexibility index (Phi) is 4.17. The molecule has 2 saturated heterocycles. The molecule has 2 fully saturated rings. The van der Waals surface area contributed by atoms with E-state index in [-0.39, 0.29) is 0 Å². The minimum absolute atomic E-state index is 0.635. The number of hydrogen-bond acceptors (Lipinski definition) is 3. The summed E-state index contributed by atoms with van der Waals surface area (Å²) in [5.74, 6) is 0.840. The summed E-state index contributed by atoms with van der Waals surface area (Å²) in [7, 11) is -0.635. The van der Waals surface area contributed by atoms with Crippen molar-refractivity contribution in [2.45, 2.75) is 25.3 Å². The van der Waals surface area contributed by atoms with E-state index in [1.165, 1.54) is 45.4 Å². The second-order valence-electron chi connectivity index (χ2n) is 4.76. The zero-order valence-electron chi connectivity index (χ0n) is 9.65. The van der Waals surface area contributed by atoms with Crippen molar-refractivity contribution in [3.8, 4) is 0 Å². The lowest BCUT2D eigenvalue weighted by Crippen LogP contribution is -2.38. The number of nitrogens with zero attached hydrogens (tertiary/aromatic N) is 2. The highest BCUT2D eigenvalue weighted by Gasteiger charge is 2.28. The summed E-state index contributed by atoms with van der Waals surface area (Å²) in [4.78, 5) is 5.15. The van der Waals surface area contributed by atoms with Crippen LogP contribution in [0.5, 0.6) is 0 Å². The highest BCUT2D eigenvalue weighted by molar-refractivity contribution is 7.84. The van der Waals surface area contributed by atoms with Crippen molar-refractivity contribution in [2.75, 3.05) is 44.7 Å². The predicted molar refractivity (Wildman–Crippen MR) is 64.6 cm³/mol. The van der Waals surface area contributed by atoms with Gasteiger partial charge in [-0.3, -0.25) is 9.11 Å². The first-order chi connectivity index (χ1) is 7.25. The van der Waals surface area contributed by atoms with Crippen LogP contribution in [0.2, 0.25) is 0 Å². The summed E-state index contributed by atoms with van der Waals surface area (Å²) in [6, 6.07) is 0.790. The highest BCUT2D eigenvalue weighted by Crippen LogP contribution is 2.20. The van der Waals surface area contributed by atoms with E-state index in [0.717, 1.165) is 18.3 Å². The van der Waals surface area contributed by atoms with Gasteiger partial charge < -0.3 is 4.90 Å². The van der Waals surface area contributed by atoms with E-state index in [2.05, 4.69) is 9.80 Å². The molecule has 0 aromatic rings. The van der Waals surface area contributed by atoms with Crippen LogP contribution >= 0.6 is 0 Å². The minimum Gasteiger partial charge on any atom is -0.301 e. The number of fused-ring (bicyclic) bond motifs is 1. The van der Waals surface area contributed by atoms with Crippen LogP contribution in [-0.2, 0) is 10.8 Å². The second-order valence-corrected chi connectivity index (χ2v) is 6.32. The maximum absolute atomic E-state index is 11.1. The molecule has 2 aliphatic heterocycles. The average Bonchev–Trinajstić information content (AvgIpc) is 2.53. The first-order valence-electron chi connectivity index (χ1n) is 6.02. The normalized spacial score (nSPS) is 31.1. The van der Waals surface area contributed by atoms with E-state index in [4.69, 9.17) is 0 Å². The van der Waals surface area contributed by atoms with Crippen LogP contribution in [0.4, 0.5) is 0 Å². The van der Waals surface area contributed by atoms with Crippen molar-refractivity contribution in [3.63, 3.8) is 0 Å². The fourth-order valence-corrected chi connectivity index (χ4v) is 3.26. The van der Waals surface area contributed by atoms with Crippen molar-refractivity contribution >= 4 is 10.8 Å². The van der Waals surface area contributed by atoms with Crippen LogP contribution in [0, 0.1) is 0 Å². The third kappa shape index (κ3) is 3.26. The monoisotopic (exact) mass is 230 g/mol. The van der Waals surface area contributed by atoms with Crippen LogP contribution in [0.15, 0.2) is 0 Å². The van der Waals surface area contributed by atoms with E-state index < -0.39 is 10.8 Å². The third-order valence-electron chi connectivity index (χ3n) is 3.58. The molecule has 2 heterocycles. The molecule has 0 aliphatic carbocycles. The quantitative estimate of drug-likeness (QED) is 0.707. The van der Waals surface area contributed by atoms with Gasteiger partial charge >= 0.3 is 0 Å². The Balaban J connectivity index is 1.82. The van der Waals surface area contributed by atoms with E-state index in [0.29, 0.717) is 0 Å². The first-order valence-corrected chi connectivity index (χ1v) is 7.75. The van der Waals surface area contributed by atoms with Crippen molar-refractivity contribution in [1.82, 2.24) is 9.80 Å². The van der Waals surface area contributed by atoms with Crippen molar-refractivity contribution in [3.05, 3.63) is 0 Å². The average molecular weight is 230 g/mol. The molecule has 0 amide bonds. The van der Waals surface area contributed by atoms with Crippen molar-refractivity contribution < 1.29 is 4.21 Å². The van der Waals surface area contributed by atoms with Crippen LogP contribution in [0.1, 0.15) is 19.3 Å². The number of rotatable bonds is 3. The molecule has 3 nitrogen and oxygen atoms in total. The number of hydrogen-bond donors (Lipinski definition) is 0. The molecule has 0 aromatic carbocycles. The van der Waals surface area contributed by atoms with E-state index in [9.17, 15) is 4.21 Å². The van der Waals surface area contributed by atoms with Gasteiger partial charge in [-0.1, -0.05) is 0 Å². The fraction of sp³-hybridized carbons (Fsp3) is 1.00. The van der Waals surface area contributed by atoms with Gasteiger partial charge in [0.1, 0.15) is 0 Å². The fourth-order valence-electron chi connectivity index (χ4n) is 2.74. The molecule has 0 spiro atoms. The molecule has 4 heteroatoms. The van der Waals surface area contributed by atoms with E-state index in [1.807, 2.05) is 0 Å². The molecule has 0 radical (unpaired) electrons. The zero-order chi connectivity index (χ0) is 10.7. The molecule has 88 valence electrons. The van der Waals surface area contributed by atoms with Gasteiger partial charge in [0.15, 0.2) is 0 Å². The third-order valence-corrected chi connectivity index (χ3v) is 4.34. The van der Waals surface area contributed by atoms with Crippen LogP contribution in [0.25, 0.3) is 0 Å². The molecule has 0 aromatic heterocycles. The summed E-state index contributed by atoms with van der Waals surface area (Å²) in [5.41, 5.74) is 0. The maximum atomic E-state index is 11.1. The first kappa shape index (κ1) is 11.6. The smallest absolute Gasteiger partial charge is 0.0359 e. The molecular formula is C11H22N2OS. The van der Waals surface area contributed by atoms with Gasteiger partial charge in [0, 0.05) is 41.9 Å². The standard InChI is InChI=1S/C11H22N2OS/c1-15(14)9-8-12-5-3-7-13-6-2-4-11(13)10-12/h11H,2-10H2,1H3. The Morgan fingerprint density at radius 3 is 2.87 bits per heavy atom. The molecule has 0 saturated carbocycles. The Hall–Kier alpha value is 0.0700. The molecule has 15 heavy (non-hydrogen) atoms. The SMILES string of the molecule is CS(=O)CCN1CCCN2CCCC2C1. The van der Waals surface area contributed by atoms with Gasteiger partial charge in [-0.15, -0.1) is 0 Å². The van der Waals surface area contributed by atoms with Gasteiger partial charge in [-0.05, 0) is 38.9 Å². The Morgan fingerprint density at radius 2 is 2.07 bits per heavy atom. The molecule has 0 bridgehead atoms. The van der Waals surface area contributed by atoms with Gasteiger partial charge in [-0.25, -0.2) is 0 Å². The maximum Gasteiger partial charge on any atom is 0.0359 e. The van der Waals surface area contributed by atoms with Crippen LogP contribution < -0.4 is 0 Å². The lowest BCUT2D eigenvalue weighted by atomic mass is 10.2.